The average Bonchev–Trinajstić information content (AvgIpc) is 2.75. The molecule has 0 unspecified atom stereocenters. The quantitative estimate of drug-likeness (QED) is 0.887. The second-order valence-electron chi connectivity index (χ2n) is 5.50. The molecule has 2 rings (SSSR count). The van der Waals surface area contributed by atoms with Crippen molar-refractivity contribution in [3.8, 4) is 5.75 Å². The van der Waals surface area contributed by atoms with E-state index in [4.69, 9.17) is 4.74 Å². The first-order valence-corrected chi connectivity index (χ1v) is 6.56. The first-order valence-electron chi connectivity index (χ1n) is 6.56. The zero-order valence-electron chi connectivity index (χ0n) is 11.4. The van der Waals surface area contributed by atoms with Gasteiger partial charge >= 0.3 is 0 Å². The van der Waals surface area contributed by atoms with Crippen molar-refractivity contribution in [3.63, 3.8) is 0 Å². The van der Waals surface area contributed by atoms with Gasteiger partial charge in [0.05, 0.1) is 13.0 Å². The molecule has 1 amide bonds. The second-order valence-corrected chi connectivity index (χ2v) is 5.50. The molecule has 1 aliphatic rings. The molecule has 0 atom stereocenters. The number of benzene rings is 1. The van der Waals surface area contributed by atoms with Gasteiger partial charge in [0.2, 0.25) is 5.91 Å². The van der Waals surface area contributed by atoms with Gasteiger partial charge in [-0.15, -0.1) is 0 Å². The van der Waals surface area contributed by atoms with Crippen molar-refractivity contribution in [2.24, 2.45) is 0 Å². The number of hydrogen-bond acceptors (Lipinski definition) is 2. The maximum atomic E-state index is 11.9. The number of rotatable bonds is 4. The Hall–Kier alpha value is -1.51. The van der Waals surface area contributed by atoms with Crippen molar-refractivity contribution in [2.75, 3.05) is 6.61 Å². The third kappa shape index (κ3) is 3.03. The Morgan fingerprint density at radius 1 is 1.44 bits per heavy atom. The highest BCUT2D eigenvalue weighted by Gasteiger charge is 2.18. The van der Waals surface area contributed by atoms with Gasteiger partial charge in [-0.2, -0.15) is 0 Å². The van der Waals surface area contributed by atoms with Crippen LogP contribution in [-0.2, 0) is 17.6 Å². The number of hydrogen-bond donors (Lipinski definition) is 1. The van der Waals surface area contributed by atoms with Gasteiger partial charge in [-0.25, -0.2) is 0 Å². The molecular formula is C15H21NO2. The molecule has 1 heterocycles. The molecule has 0 spiro atoms. The van der Waals surface area contributed by atoms with Gasteiger partial charge in [0.25, 0.3) is 0 Å². The van der Waals surface area contributed by atoms with Gasteiger partial charge in [-0.05, 0) is 37.5 Å². The maximum Gasteiger partial charge on any atom is 0.224 e. The van der Waals surface area contributed by atoms with Crippen molar-refractivity contribution in [2.45, 2.75) is 45.6 Å². The zero-order valence-corrected chi connectivity index (χ0v) is 11.4. The number of ether oxygens (including phenoxy) is 1. The molecule has 0 saturated heterocycles. The van der Waals surface area contributed by atoms with Gasteiger partial charge in [-0.3, -0.25) is 4.79 Å². The highest BCUT2D eigenvalue weighted by molar-refractivity contribution is 5.79. The molecule has 0 radical (unpaired) electrons. The molecule has 3 heteroatoms. The van der Waals surface area contributed by atoms with Crippen LogP contribution in [0.25, 0.3) is 0 Å². The molecule has 1 aliphatic heterocycles. The molecule has 0 aromatic heterocycles. The summed E-state index contributed by atoms with van der Waals surface area (Å²) in [5, 5.41) is 3.05. The first kappa shape index (κ1) is 12.9. The van der Waals surface area contributed by atoms with E-state index in [1.165, 1.54) is 5.56 Å². The molecule has 0 aliphatic carbocycles. The van der Waals surface area contributed by atoms with Crippen molar-refractivity contribution < 1.29 is 9.53 Å². The van der Waals surface area contributed by atoms with E-state index in [-0.39, 0.29) is 11.4 Å². The smallest absolute Gasteiger partial charge is 0.224 e. The van der Waals surface area contributed by atoms with Gasteiger partial charge in [-0.1, -0.05) is 19.1 Å². The fourth-order valence-corrected chi connectivity index (χ4v) is 2.05. The monoisotopic (exact) mass is 247 g/mol. The van der Waals surface area contributed by atoms with E-state index in [0.717, 1.165) is 30.8 Å². The third-order valence-corrected chi connectivity index (χ3v) is 3.48. The topological polar surface area (TPSA) is 38.3 Å². The van der Waals surface area contributed by atoms with E-state index in [0.29, 0.717) is 6.42 Å². The standard InChI is InChI=1S/C15H21NO2/c1-4-15(2,3)16-14(17)10-11-5-6-13-12(9-11)7-8-18-13/h5-6,9H,4,7-8,10H2,1-3H3,(H,16,17). The van der Waals surface area contributed by atoms with Crippen LogP contribution < -0.4 is 10.1 Å². The van der Waals surface area contributed by atoms with Crippen molar-refractivity contribution in [3.05, 3.63) is 29.3 Å². The van der Waals surface area contributed by atoms with Crippen molar-refractivity contribution in [1.82, 2.24) is 5.32 Å². The minimum atomic E-state index is -0.128. The lowest BCUT2D eigenvalue weighted by atomic mass is 10.0. The highest BCUT2D eigenvalue weighted by atomic mass is 16.5. The van der Waals surface area contributed by atoms with E-state index in [1.807, 2.05) is 26.0 Å². The minimum absolute atomic E-state index is 0.0840. The number of fused-ring (bicyclic) bond motifs is 1. The van der Waals surface area contributed by atoms with Crippen molar-refractivity contribution >= 4 is 5.91 Å². The lowest BCUT2D eigenvalue weighted by Crippen LogP contribution is -2.43. The summed E-state index contributed by atoms with van der Waals surface area (Å²) in [5.74, 6) is 1.05. The lowest BCUT2D eigenvalue weighted by Gasteiger charge is -2.24. The van der Waals surface area contributed by atoms with Crippen LogP contribution in [0.2, 0.25) is 0 Å². The Morgan fingerprint density at radius 3 is 2.94 bits per heavy atom. The maximum absolute atomic E-state index is 11.9. The highest BCUT2D eigenvalue weighted by Crippen LogP contribution is 2.26. The van der Waals surface area contributed by atoms with Crippen LogP contribution in [0.4, 0.5) is 0 Å². The van der Waals surface area contributed by atoms with Crippen LogP contribution in [0.15, 0.2) is 18.2 Å². The number of nitrogens with one attached hydrogen (secondary N) is 1. The predicted molar refractivity (Wildman–Crippen MR) is 71.9 cm³/mol. The fourth-order valence-electron chi connectivity index (χ4n) is 2.05. The normalized spacial score (nSPS) is 13.9. The Labute approximate surface area is 109 Å². The minimum Gasteiger partial charge on any atom is -0.493 e. The number of amides is 1. The Balaban J connectivity index is 1.99. The largest absolute Gasteiger partial charge is 0.493 e. The predicted octanol–water partition coefficient (Wildman–Crippen LogP) is 2.47. The lowest BCUT2D eigenvalue weighted by molar-refractivity contribution is -0.122. The Kier molecular flexibility index (Phi) is 3.60. The van der Waals surface area contributed by atoms with Crippen LogP contribution >= 0.6 is 0 Å². The summed E-state index contributed by atoms with van der Waals surface area (Å²) >= 11 is 0. The van der Waals surface area contributed by atoms with E-state index in [9.17, 15) is 4.79 Å². The van der Waals surface area contributed by atoms with Gasteiger partial charge in [0.1, 0.15) is 5.75 Å². The molecule has 0 saturated carbocycles. The zero-order chi connectivity index (χ0) is 13.2. The second kappa shape index (κ2) is 5.01. The van der Waals surface area contributed by atoms with E-state index < -0.39 is 0 Å². The van der Waals surface area contributed by atoms with Crippen LogP contribution in [0.3, 0.4) is 0 Å². The molecule has 18 heavy (non-hydrogen) atoms. The number of carbonyl (C=O) groups excluding carboxylic acids is 1. The molecular weight excluding hydrogens is 226 g/mol. The van der Waals surface area contributed by atoms with Crippen LogP contribution in [-0.4, -0.2) is 18.1 Å². The molecule has 0 bridgehead atoms. The molecule has 0 fully saturated rings. The van der Waals surface area contributed by atoms with Crippen molar-refractivity contribution in [1.29, 1.82) is 0 Å². The van der Waals surface area contributed by atoms with E-state index >= 15 is 0 Å². The van der Waals surface area contributed by atoms with E-state index in [1.54, 1.807) is 0 Å². The van der Waals surface area contributed by atoms with Crippen LogP contribution in [0.5, 0.6) is 5.75 Å². The van der Waals surface area contributed by atoms with Gasteiger partial charge in [0.15, 0.2) is 0 Å². The molecule has 3 nitrogen and oxygen atoms in total. The number of carbonyl (C=O) groups is 1. The van der Waals surface area contributed by atoms with Crippen LogP contribution in [0.1, 0.15) is 38.3 Å². The Bertz CT molecular complexity index is 452. The summed E-state index contributed by atoms with van der Waals surface area (Å²) in [7, 11) is 0. The molecule has 98 valence electrons. The van der Waals surface area contributed by atoms with Gasteiger partial charge in [0, 0.05) is 12.0 Å². The summed E-state index contributed by atoms with van der Waals surface area (Å²) in [4.78, 5) is 11.9. The van der Waals surface area contributed by atoms with Gasteiger partial charge < -0.3 is 10.1 Å². The molecule has 1 aromatic rings. The summed E-state index contributed by atoms with van der Waals surface area (Å²) in [6.07, 6.45) is 2.32. The first-order chi connectivity index (χ1) is 8.50. The van der Waals surface area contributed by atoms with Crippen LogP contribution in [0, 0.1) is 0 Å². The molecule has 1 N–H and O–H groups in total. The fraction of sp³-hybridized carbons (Fsp3) is 0.533. The SMILES string of the molecule is CCC(C)(C)NC(=O)Cc1ccc2c(c1)CCO2. The third-order valence-electron chi connectivity index (χ3n) is 3.48. The average molecular weight is 247 g/mol. The molecule has 1 aromatic carbocycles. The summed E-state index contributed by atoms with van der Waals surface area (Å²) in [6.45, 7) is 6.92. The van der Waals surface area contributed by atoms with E-state index in [2.05, 4.69) is 18.3 Å². The Morgan fingerprint density at radius 2 is 2.22 bits per heavy atom. The summed E-state index contributed by atoms with van der Waals surface area (Å²) < 4.78 is 5.46. The summed E-state index contributed by atoms with van der Waals surface area (Å²) in [5.41, 5.74) is 2.15. The summed E-state index contributed by atoms with van der Waals surface area (Å²) in [6, 6.07) is 6.03.